The van der Waals surface area contributed by atoms with Crippen LogP contribution in [0.4, 0.5) is 0 Å². The second-order valence-electron chi connectivity index (χ2n) is 5.52. The van der Waals surface area contributed by atoms with Crippen molar-refractivity contribution in [3.8, 4) is 5.75 Å². The molecule has 0 aromatic heterocycles. The predicted octanol–water partition coefficient (Wildman–Crippen LogP) is 5.42. The third-order valence-corrected chi connectivity index (χ3v) is 3.91. The zero-order valence-electron chi connectivity index (χ0n) is 13.6. The lowest BCUT2D eigenvalue weighted by molar-refractivity contribution is 0.340. The van der Waals surface area contributed by atoms with E-state index in [1.54, 1.807) is 0 Å². The molecule has 2 heteroatoms. The molecule has 116 valence electrons. The van der Waals surface area contributed by atoms with Crippen LogP contribution >= 0.6 is 0 Å². The molecule has 1 atom stereocenters. The lowest BCUT2D eigenvalue weighted by Crippen LogP contribution is -1.94. The molecule has 2 nitrogen and oxygen atoms in total. The standard InChI is InChI=1S/C21H21NO/c1-3-23-19-13-11-17(12-14-19)15-22-16(2)20-10-6-8-18-7-4-5-9-21(18)20/h4-16H,3H2,1-2H3. The van der Waals surface area contributed by atoms with Gasteiger partial charge < -0.3 is 4.74 Å². The number of ether oxygens (including phenoxy) is 1. The molecule has 1 unspecified atom stereocenters. The minimum absolute atomic E-state index is 0.118. The normalized spacial score (nSPS) is 12.6. The molecule has 0 saturated heterocycles. The Bertz CT molecular complexity index is 800. The zero-order valence-corrected chi connectivity index (χ0v) is 13.6. The van der Waals surface area contributed by atoms with Crippen molar-refractivity contribution in [3.05, 3.63) is 77.9 Å². The Balaban J connectivity index is 1.81. The number of benzene rings is 3. The molecule has 0 aliphatic heterocycles. The number of aliphatic imine (C=N–C) groups is 1. The Morgan fingerprint density at radius 3 is 2.48 bits per heavy atom. The van der Waals surface area contributed by atoms with Gasteiger partial charge in [-0.1, -0.05) is 42.5 Å². The van der Waals surface area contributed by atoms with Crippen LogP contribution in [0.5, 0.6) is 5.75 Å². The molecule has 0 heterocycles. The highest BCUT2D eigenvalue weighted by Crippen LogP contribution is 2.26. The van der Waals surface area contributed by atoms with Gasteiger partial charge in [0.2, 0.25) is 0 Å². The van der Waals surface area contributed by atoms with Crippen molar-refractivity contribution in [1.29, 1.82) is 0 Å². The minimum atomic E-state index is 0.118. The van der Waals surface area contributed by atoms with Gasteiger partial charge in [-0.3, -0.25) is 4.99 Å². The Labute approximate surface area is 137 Å². The summed E-state index contributed by atoms with van der Waals surface area (Å²) in [6.07, 6.45) is 1.93. The molecular formula is C21H21NO. The average Bonchev–Trinajstić information content (AvgIpc) is 2.60. The predicted molar refractivity (Wildman–Crippen MR) is 97.6 cm³/mol. The summed E-state index contributed by atoms with van der Waals surface area (Å²) in [5, 5.41) is 2.53. The van der Waals surface area contributed by atoms with Crippen LogP contribution in [0, 0.1) is 0 Å². The average molecular weight is 303 g/mol. The largest absolute Gasteiger partial charge is 0.494 e. The zero-order chi connectivity index (χ0) is 16.1. The summed E-state index contributed by atoms with van der Waals surface area (Å²) in [5.41, 5.74) is 2.34. The van der Waals surface area contributed by atoms with E-state index in [2.05, 4.69) is 49.4 Å². The first-order valence-corrected chi connectivity index (χ1v) is 8.01. The van der Waals surface area contributed by atoms with Gasteiger partial charge >= 0.3 is 0 Å². The lowest BCUT2D eigenvalue weighted by atomic mass is 10.00. The van der Waals surface area contributed by atoms with Crippen molar-refractivity contribution in [3.63, 3.8) is 0 Å². The van der Waals surface area contributed by atoms with Gasteiger partial charge in [0.05, 0.1) is 12.6 Å². The van der Waals surface area contributed by atoms with E-state index in [1.807, 2.05) is 37.4 Å². The maximum atomic E-state index is 5.46. The summed E-state index contributed by atoms with van der Waals surface area (Å²) >= 11 is 0. The third kappa shape index (κ3) is 3.59. The van der Waals surface area contributed by atoms with Crippen LogP contribution in [-0.4, -0.2) is 12.8 Å². The fourth-order valence-corrected chi connectivity index (χ4v) is 2.71. The van der Waals surface area contributed by atoms with Gasteiger partial charge in [0.25, 0.3) is 0 Å². The first kappa shape index (κ1) is 15.3. The lowest BCUT2D eigenvalue weighted by Gasteiger charge is -2.10. The van der Waals surface area contributed by atoms with Crippen LogP contribution in [0.3, 0.4) is 0 Å². The van der Waals surface area contributed by atoms with E-state index in [0.29, 0.717) is 6.61 Å². The first-order chi connectivity index (χ1) is 11.3. The van der Waals surface area contributed by atoms with Crippen molar-refractivity contribution < 1.29 is 4.74 Å². The summed E-state index contributed by atoms with van der Waals surface area (Å²) in [5.74, 6) is 0.895. The molecule has 3 rings (SSSR count). The number of hydrogen-bond donors (Lipinski definition) is 0. The molecule has 0 aliphatic carbocycles. The van der Waals surface area contributed by atoms with Gasteiger partial charge in [-0.25, -0.2) is 0 Å². The maximum absolute atomic E-state index is 5.46. The number of fused-ring (bicyclic) bond motifs is 1. The first-order valence-electron chi connectivity index (χ1n) is 8.01. The third-order valence-electron chi connectivity index (χ3n) is 3.91. The van der Waals surface area contributed by atoms with Crippen molar-refractivity contribution >= 4 is 17.0 Å². The molecule has 0 amide bonds. The molecule has 0 aliphatic rings. The summed E-state index contributed by atoms with van der Waals surface area (Å²) < 4.78 is 5.46. The molecule has 23 heavy (non-hydrogen) atoms. The van der Waals surface area contributed by atoms with Crippen LogP contribution in [0.2, 0.25) is 0 Å². The summed E-state index contributed by atoms with van der Waals surface area (Å²) in [4.78, 5) is 4.72. The molecule has 0 saturated carbocycles. The van der Waals surface area contributed by atoms with Crippen molar-refractivity contribution in [1.82, 2.24) is 0 Å². The van der Waals surface area contributed by atoms with Crippen molar-refractivity contribution in [2.24, 2.45) is 4.99 Å². The van der Waals surface area contributed by atoms with Gasteiger partial charge in [0.1, 0.15) is 5.75 Å². The molecule has 3 aromatic carbocycles. The van der Waals surface area contributed by atoms with Gasteiger partial charge in [-0.15, -0.1) is 0 Å². The second-order valence-corrected chi connectivity index (χ2v) is 5.52. The van der Waals surface area contributed by atoms with Crippen LogP contribution in [0.25, 0.3) is 10.8 Å². The Hall–Kier alpha value is -2.61. The van der Waals surface area contributed by atoms with E-state index in [4.69, 9.17) is 9.73 Å². The summed E-state index contributed by atoms with van der Waals surface area (Å²) in [6, 6.07) is 23.0. The highest BCUT2D eigenvalue weighted by atomic mass is 16.5. The number of hydrogen-bond acceptors (Lipinski definition) is 2. The monoisotopic (exact) mass is 303 g/mol. The highest BCUT2D eigenvalue weighted by Gasteiger charge is 2.06. The maximum Gasteiger partial charge on any atom is 0.119 e. The molecular weight excluding hydrogens is 282 g/mol. The summed E-state index contributed by atoms with van der Waals surface area (Å²) in [6.45, 7) is 4.81. The topological polar surface area (TPSA) is 21.6 Å². The van der Waals surface area contributed by atoms with E-state index in [1.165, 1.54) is 16.3 Å². The van der Waals surface area contributed by atoms with Gasteiger partial charge in [-0.05, 0) is 60.0 Å². The SMILES string of the molecule is CCOc1ccc(C=NC(C)c2cccc3ccccc23)cc1. The molecule has 3 aromatic rings. The fourth-order valence-electron chi connectivity index (χ4n) is 2.71. The van der Waals surface area contributed by atoms with Gasteiger partial charge in [0.15, 0.2) is 0 Å². The molecule has 0 fully saturated rings. The smallest absolute Gasteiger partial charge is 0.119 e. The van der Waals surface area contributed by atoms with Crippen LogP contribution in [0.1, 0.15) is 31.0 Å². The van der Waals surface area contributed by atoms with Crippen LogP contribution < -0.4 is 4.74 Å². The van der Waals surface area contributed by atoms with Crippen molar-refractivity contribution in [2.75, 3.05) is 6.61 Å². The van der Waals surface area contributed by atoms with Gasteiger partial charge in [0, 0.05) is 6.21 Å². The van der Waals surface area contributed by atoms with Crippen molar-refractivity contribution in [2.45, 2.75) is 19.9 Å². The second kappa shape index (κ2) is 7.10. The fraction of sp³-hybridized carbons (Fsp3) is 0.190. The van der Waals surface area contributed by atoms with E-state index >= 15 is 0 Å². The van der Waals surface area contributed by atoms with E-state index in [9.17, 15) is 0 Å². The van der Waals surface area contributed by atoms with E-state index in [0.717, 1.165) is 11.3 Å². The van der Waals surface area contributed by atoms with E-state index < -0.39 is 0 Å². The van der Waals surface area contributed by atoms with Crippen LogP contribution in [0.15, 0.2) is 71.7 Å². The number of nitrogens with zero attached hydrogens (tertiary/aromatic N) is 1. The van der Waals surface area contributed by atoms with E-state index in [-0.39, 0.29) is 6.04 Å². The molecule has 0 N–H and O–H groups in total. The Morgan fingerprint density at radius 2 is 1.70 bits per heavy atom. The molecule has 0 spiro atoms. The molecule has 0 bridgehead atoms. The summed E-state index contributed by atoms with van der Waals surface area (Å²) in [7, 11) is 0. The minimum Gasteiger partial charge on any atom is -0.494 e. The number of rotatable bonds is 5. The molecule has 0 radical (unpaired) electrons. The Morgan fingerprint density at radius 1 is 0.957 bits per heavy atom. The van der Waals surface area contributed by atoms with Crippen LogP contribution in [-0.2, 0) is 0 Å². The Kier molecular flexibility index (Phi) is 4.72. The highest BCUT2D eigenvalue weighted by molar-refractivity contribution is 5.86. The quantitative estimate of drug-likeness (QED) is 0.577. The van der Waals surface area contributed by atoms with Gasteiger partial charge in [-0.2, -0.15) is 0 Å².